The van der Waals surface area contributed by atoms with Crippen molar-refractivity contribution in [3.8, 4) is 0 Å². The number of nitrogens with zero attached hydrogens (tertiary/aromatic N) is 1. The van der Waals surface area contributed by atoms with Crippen LogP contribution in [-0.4, -0.2) is 29.3 Å². The lowest BCUT2D eigenvalue weighted by Gasteiger charge is -2.35. The summed E-state index contributed by atoms with van der Waals surface area (Å²) in [5, 5.41) is 1.43. The number of carbonyl (C=O) groups is 3. The molecule has 2 amide bonds. The lowest BCUT2D eigenvalue weighted by atomic mass is 9.72. The van der Waals surface area contributed by atoms with Crippen molar-refractivity contribution in [1.29, 1.82) is 0 Å². The number of nitrogens with one attached hydrogen (secondary N) is 1. The Balaban J connectivity index is 1.96. The molecule has 0 aromatic heterocycles. The number of hydrogen-bond donors (Lipinski definition) is 1. The number of amides is 2. The maximum absolute atomic E-state index is 14.8. The number of anilines is 1. The van der Waals surface area contributed by atoms with Gasteiger partial charge < -0.3 is 5.32 Å². The quantitative estimate of drug-likeness (QED) is 0.596. The molecular weight excluding hydrogens is 476 g/mol. The first-order valence-corrected chi connectivity index (χ1v) is 10.7. The van der Waals surface area contributed by atoms with Gasteiger partial charge in [0.25, 0.3) is 11.8 Å². The van der Waals surface area contributed by atoms with Crippen molar-refractivity contribution in [3.05, 3.63) is 76.2 Å². The zero-order valence-corrected chi connectivity index (χ0v) is 18.9. The zero-order valence-electron chi connectivity index (χ0n) is 18.1. The van der Waals surface area contributed by atoms with Crippen molar-refractivity contribution >= 4 is 34.9 Å². The second kappa shape index (κ2) is 7.94. The third-order valence-electron chi connectivity index (χ3n) is 5.94. The van der Waals surface area contributed by atoms with Gasteiger partial charge in [0.2, 0.25) is 5.54 Å². The van der Waals surface area contributed by atoms with E-state index in [1.165, 1.54) is 24.3 Å². The van der Waals surface area contributed by atoms with Gasteiger partial charge in [-0.05, 0) is 42.2 Å². The number of halogens is 5. The molecule has 0 bridgehead atoms. The van der Waals surface area contributed by atoms with Gasteiger partial charge in [-0.2, -0.15) is 13.2 Å². The Labute approximate surface area is 197 Å². The van der Waals surface area contributed by atoms with Crippen molar-refractivity contribution in [3.63, 3.8) is 0 Å². The SMILES string of the molecule is CC1(C)CC(=O)C2=C(C1)N(c1ccc(F)c(Cl)c1)C(=O)[C@@]2(NC(=O)c1ccccc1)C(F)(F)F. The Kier molecular flexibility index (Phi) is 5.59. The number of hydrogen-bond acceptors (Lipinski definition) is 3. The summed E-state index contributed by atoms with van der Waals surface area (Å²) in [4.78, 5) is 40.3. The van der Waals surface area contributed by atoms with Gasteiger partial charge in [0, 0.05) is 17.7 Å². The van der Waals surface area contributed by atoms with E-state index in [1.54, 1.807) is 19.9 Å². The van der Waals surface area contributed by atoms with E-state index in [1.807, 2.05) is 5.32 Å². The van der Waals surface area contributed by atoms with Crippen LogP contribution in [-0.2, 0) is 9.59 Å². The molecule has 0 saturated heterocycles. The summed E-state index contributed by atoms with van der Waals surface area (Å²) in [7, 11) is 0. The first-order valence-electron chi connectivity index (χ1n) is 10.3. The van der Waals surface area contributed by atoms with Crippen LogP contribution >= 0.6 is 11.6 Å². The molecule has 0 unspecified atom stereocenters. The molecule has 1 atom stereocenters. The van der Waals surface area contributed by atoms with Gasteiger partial charge in [-0.1, -0.05) is 43.6 Å². The van der Waals surface area contributed by atoms with Crippen LogP contribution in [0.2, 0.25) is 5.02 Å². The Hall–Kier alpha value is -3.20. The standard InChI is InChI=1S/C24H19ClF4N2O3/c1-22(2)11-17-19(18(32)12-22)23(24(27,28)29,30-20(33)13-6-4-3-5-7-13)21(34)31(17)14-8-9-16(26)15(25)10-14/h3-10H,11-12H2,1-2H3,(H,30,33)/t23-/m1/s1. The molecule has 34 heavy (non-hydrogen) atoms. The number of Topliss-reactive ketones (excluding diaryl/α,β-unsaturated/α-hetero) is 1. The minimum atomic E-state index is -5.36. The summed E-state index contributed by atoms with van der Waals surface area (Å²) in [5.74, 6) is -4.48. The third kappa shape index (κ3) is 3.68. The Morgan fingerprint density at radius 1 is 1.06 bits per heavy atom. The maximum atomic E-state index is 14.8. The van der Waals surface area contributed by atoms with Crippen LogP contribution in [0, 0.1) is 11.2 Å². The molecule has 10 heteroatoms. The van der Waals surface area contributed by atoms with E-state index in [4.69, 9.17) is 11.6 Å². The van der Waals surface area contributed by atoms with Gasteiger partial charge in [-0.25, -0.2) is 4.39 Å². The molecule has 0 fully saturated rings. The Bertz CT molecular complexity index is 1240. The molecule has 2 aromatic rings. The maximum Gasteiger partial charge on any atom is 0.425 e. The van der Waals surface area contributed by atoms with E-state index >= 15 is 0 Å². The Morgan fingerprint density at radius 3 is 2.29 bits per heavy atom. The third-order valence-corrected chi connectivity index (χ3v) is 6.23. The lowest BCUT2D eigenvalue weighted by Crippen LogP contribution is -2.66. The molecule has 1 N–H and O–H groups in total. The highest BCUT2D eigenvalue weighted by molar-refractivity contribution is 6.31. The highest BCUT2D eigenvalue weighted by Crippen LogP contribution is 2.53. The van der Waals surface area contributed by atoms with E-state index in [0.717, 1.165) is 23.1 Å². The van der Waals surface area contributed by atoms with Gasteiger partial charge in [-0.15, -0.1) is 0 Å². The van der Waals surface area contributed by atoms with Crippen LogP contribution in [0.3, 0.4) is 0 Å². The summed E-state index contributed by atoms with van der Waals surface area (Å²) >= 11 is 5.84. The molecule has 1 aliphatic heterocycles. The molecule has 2 aromatic carbocycles. The highest BCUT2D eigenvalue weighted by Gasteiger charge is 2.72. The van der Waals surface area contributed by atoms with Crippen LogP contribution in [0.25, 0.3) is 0 Å². The predicted octanol–water partition coefficient (Wildman–Crippen LogP) is 5.20. The predicted molar refractivity (Wildman–Crippen MR) is 117 cm³/mol. The second-order valence-electron chi connectivity index (χ2n) is 9.07. The molecular formula is C24H19ClF4N2O3. The number of ketones is 1. The highest BCUT2D eigenvalue weighted by atomic mass is 35.5. The lowest BCUT2D eigenvalue weighted by molar-refractivity contribution is -0.186. The smallest absolute Gasteiger partial charge is 0.326 e. The molecule has 2 aliphatic rings. The molecule has 0 saturated carbocycles. The average molecular weight is 495 g/mol. The normalized spacial score (nSPS) is 22.1. The van der Waals surface area contributed by atoms with Crippen molar-refractivity contribution < 1.29 is 31.9 Å². The molecule has 0 radical (unpaired) electrons. The molecule has 4 rings (SSSR count). The van der Waals surface area contributed by atoms with Crippen LogP contribution in [0.15, 0.2) is 59.8 Å². The summed E-state index contributed by atoms with van der Waals surface area (Å²) in [6.45, 7) is 3.37. The van der Waals surface area contributed by atoms with Crippen molar-refractivity contribution in [1.82, 2.24) is 5.32 Å². The monoisotopic (exact) mass is 494 g/mol. The topological polar surface area (TPSA) is 66.5 Å². The molecule has 1 aliphatic carbocycles. The number of carbonyl (C=O) groups excluding carboxylic acids is 3. The van der Waals surface area contributed by atoms with Crippen molar-refractivity contribution in [2.45, 2.75) is 38.4 Å². The molecule has 178 valence electrons. The fraction of sp³-hybridized carbons (Fsp3) is 0.292. The van der Waals surface area contributed by atoms with E-state index in [-0.39, 0.29) is 29.8 Å². The summed E-state index contributed by atoms with van der Waals surface area (Å²) < 4.78 is 58.1. The number of benzene rings is 2. The van der Waals surface area contributed by atoms with Crippen LogP contribution in [0.4, 0.5) is 23.2 Å². The van der Waals surface area contributed by atoms with Crippen LogP contribution in [0.5, 0.6) is 0 Å². The minimum absolute atomic E-state index is 0.0617. The summed E-state index contributed by atoms with van der Waals surface area (Å²) in [6.07, 6.45) is -5.67. The fourth-order valence-corrected chi connectivity index (χ4v) is 4.66. The molecule has 5 nitrogen and oxygen atoms in total. The van der Waals surface area contributed by atoms with Gasteiger partial charge in [0.05, 0.1) is 16.3 Å². The number of rotatable bonds is 3. The first kappa shape index (κ1) is 23.9. The Morgan fingerprint density at radius 2 is 1.71 bits per heavy atom. The van der Waals surface area contributed by atoms with E-state index in [0.29, 0.717) is 0 Å². The van der Waals surface area contributed by atoms with E-state index in [2.05, 4.69) is 0 Å². The minimum Gasteiger partial charge on any atom is -0.326 e. The van der Waals surface area contributed by atoms with Gasteiger partial charge in [-0.3, -0.25) is 19.3 Å². The molecule has 1 heterocycles. The summed E-state index contributed by atoms with van der Waals surface area (Å²) in [5.41, 5.74) is -5.65. The first-order chi connectivity index (χ1) is 15.8. The fourth-order valence-electron chi connectivity index (χ4n) is 4.48. The van der Waals surface area contributed by atoms with Crippen molar-refractivity contribution in [2.24, 2.45) is 5.41 Å². The molecule has 0 spiro atoms. The van der Waals surface area contributed by atoms with Crippen molar-refractivity contribution in [2.75, 3.05) is 4.90 Å². The van der Waals surface area contributed by atoms with Crippen LogP contribution in [0.1, 0.15) is 37.0 Å². The van der Waals surface area contributed by atoms with Gasteiger partial charge >= 0.3 is 6.18 Å². The van der Waals surface area contributed by atoms with Crippen LogP contribution < -0.4 is 10.2 Å². The summed E-state index contributed by atoms with van der Waals surface area (Å²) in [6, 6.07) is 10.1. The van der Waals surface area contributed by atoms with E-state index in [9.17, 15) is 31.9 Å². The second-order valence-corrected chi connectivity index (χ2v) is 9.48. The van der Waals surface area contributed by atoms with E-state index < -0.39 is 51.1 Å². The average Bonchev–Trinajstić information content (AvgIpc) is 2.98. The van der Waals surface area contributed by atoms with Gasteiger partial charge in [0.1, 0.15) is 5.82 Å². The largest absolute Gasteiger partial charge is 0.425 e. The van der Waals surface area contributed by atoms with Gasteiger partial charge in [0.15, 0.2) is 5.78 Å². The zero-order chi connectivity index (χ0) is 25.1. The number of alkyl halides is 3. The number of allylic oxidation sites excluding steroid dienone is 1.